The van der Waals surface area contributed by atoms with Crippen molar-refractivity contribution in [2.24, 2.45) is 5.41 Å². The zero-order valence-electron chi connectivity index (χ0n) is 27.8. The summed E-state index contributed by atoms with van der Waals surface area (Å²) in [5.41, 5.74) is 9.86. The minimum atomic E-state index is -5.19. The van der Waals surface area contributed by atoms with Crippen molar-refractivity contribution in [1.29, 1.82) is 0 Å². The van der Waals surface area contributed by atoms with Gasteiger partial charge in [-0.1, -0.05) is 0 Å². The normalized spacial score (nSPS) is 34.0. The number of phosphoric ester groups is 1. The summed E-state index contributed by atoms with van der Waals surface area (Å²) in [7, 11) is -5.19. The molecule has 0 radical (unpaired) electrons. The number of imidazole rings is 2. The average Bonchev–Trinajstić information content (AvgIpc) is 3.84. The number of carbonyl (C=O) groups is 1. The Hall–Kier alpha value is -3.61. The molecule has 4 unspecified atom stereocenters. The molecular weight excluding hydrogens is 773 g/mol. The number of nitrogens with two attached hydrogens (primary N) is 2. The average molecular weight is 807 g/mol. The van der Waals surface area contributed by atoms with E-state index in [4.69, 9.17) is 43.8 Å². The fourth-order valence-corrected chi connectivity index (χ4v) is 9.41. The molecule has 7 heterocycles. The summed E-state index contributed by atoms with van der Waals surface area (Å²) in [5.74, 6) is -1.54. The van der Waals surface area contributed by atoms with E-state index in [0.717, 1.165) is 21.8 Å². The van der Waals surface area contributed by atoms with Crippen LogP contribution >= 0.6 is 26.0 Å². The van der Waals surface area contributed by atoms with Gasteiger partial charge in [0.25, 0.3) is 5.56 Å². The lowest BCUT2D eigenvalue weighted by Gasteiger charge is -2.28. The van der Waals surface area contributed by atoms with Crippen molar-refractivity contribution >= 4 is 66.1 Å². The van der Waals surface area contributed by atoms with Crippen LogP contribution in [0.15, 0.2) is 23.8 Å². The van der Waals surface area contributed by atoms with Crippen molar-refractivity contribution in [3.05, 3.63) is 29.3 Å². The van der Waals surface area contributed by atoms with Crippen LogP contribution in [-0.4, -0.2) is 111 Å². The molecule has 0 aliphatic carbocycles. The topological polar surface area (TPSA) is 315 Å². The van der Waals surface area contributed by atoms with Crippen LogP contribution in [0.3, 0.4) is 0 Å². The molecule has 7 rings (SSSR count). The molecule has 27 heteroatoms. The lowest BCUT2D eigenvalue weighted by atomic mass is 9.98. The predicted molar refractivity (Wildman–Crippen MR) is 178 cm³/mol. The van der Waals surface area contributed by atoms with Gasteiger partial charge in [-0.3, -0.25) is 41.8 Å². The smallest absolute Gasteiger partial charge is 0.454 e. The molecule has 0 spiro atoms. The number of nitrogens with one attached hydrogen (secondary N) is 1. The van der Waals surface area contributed by atoms with Crippen LogP contribution in [0.2, 0.25) is 0 Å². The first-order chi connectivity index (χ1) is 24.9. The number of anilines is 2. The van der Waals surface area contributed by atoms with E-state index in [2.05, 4.69) is 29.9 Å². The molecule has 10 atom stereocenters. The molecule has 0 saturated carbocycles. The van der Waals surface area contributed by atoms with E-state index in [0.29, 0.717) is 11.4 Å². The number of aromatic amines is 1. The third kappa shape index (κ3) is 7.31. The highest BCUT2D eigenvalue weighted by molar-refractivity contribution is 8.55. The van der Waals surface area contributed by atoms with Gasteiger partial charge < -0.3 is 35.7 Å². The number of halogens is 1. The first-order valence-corrected chi connectivity index (χ1v) is 20.3. The number of rotatable bonds is 5. The summed E-state index contributed by atoms with van der Waals surface area (Å²) in [5, 5.41) is 11.4. The van der Waals surface area contributed by atoms with E-state index in [1.165, 1.54) is 6.33 Å². The number of aromatic nitrogens is 8. The SMILES string of the molecule is CC(C)(C)C(=O)OCSP1(=O)OC[C@H]2O[C@@H](n3cnc4c(N)ncnc43)[C@@H](F)C2OP(=O)(O)OC[C@H]2O[C@@H](n3cnc4c(=O)[nH]c(N)nc43)[C@@H](O1)C2O. The maximum atomic E-state index is 16.3. The first-order valence-electron chi connectivity index (χ1n) is 15.6. The second-order valence-electron chi connectivity index (χ2n) is 13.0. The summed E-state index contributed by atoms with van der Waals surface area (Å²) < 4.78 is 85.8. The molecule has 3 aliphatic rings. The molecule has 3 fully saturated rings. The van der Waals surface area contributed by atoms with Gasteiger partial charge in [-0.2, -0.15) is 4.98 Å². The second kappa shape index (κ2) is 13.9. The Labute approximate surface area is 300 Å². The highest BCUT2D eigenvalue weighted by Gasteiger charge is 2.55. The number of hydrogen-bond donors (Lipinski definition) is 5. The maximum absolute atomic E-state index is 16.3. The Kier molecular flexibility index (Phi) is 9.89. The molecule has 0 aromatic carbocycles. The number of phosphoric acid groups is 1. The van der Waals surface area contributed by atoms with Gasteiger partial charge in [0.2, 0.25) is 5.95 Å². The van der Waals surface area contributed by atoms with Gasteiger partial charge in [0.1, 0.15) is 48.3 Å². The van der Waals surface area contributed by atoms with E-state index in [-0.39, 0.29) is 34.1 Å². The molecule has 7 N–H and O–H groups in total. The number of aliphatic hydroxyl groups is 1. The van der Waals surface area contributed by atoms with Crippen molar-refractivity contribution in [3.8, 4) is 0 Å². The van der Waals surface area contributed by atoms with Crippen molar-refractivity contribution in [3.63, 3.8) is 0 Å². The van der Waals surface area contributed by atoms with Crippen molar-refractivity contribution < 1.29 is 60.6 Å². The zero-order valence-corrected chi connectivity index (χ0v) is 30.4. The van der Waals surface area contributed by atoms with Crippen LogP contribution in [0.5, 0.6) is 0 Å². The zero-order chi connectivity index (χ0) is 38.0. The van der Waals surface area contributed by atoms with Crippen LogP contribution in [-0.2, 0) is 46.2 Å². The van der Waals surface area contributed by atoms with Gasteiger partial charge >= 0.3 is 20.6 Å². The maximum Gasteiger partial charge on any atom is 0.472 e. The van der Waals surface area contributed by atoms with Crippen LogP contribution in [0.25, 0.3) is 22.3 Å². The Morgan fingerprint density at radius 3 is 2.43 bits per heavy atom. The fraction of sp³-hybridized carbons (Fsp3) is 0.577. The number of H-pyrrole nitrogens is 1. The molecule has 4 aromatic heterocycles. The molecule has 23 nitrogen and oxygen atoms in total. The summed E-state index contributed by atoms with van der Waals surface area (Å²) in [6.45, 7) is -1.53. The number of fused-ring (bicyclic) bond motifs is 5. The molecule has 3 aliphatic heterocycles. The van der Waals surface area contributed by atoms with Gasteiger partial charge in [0.15, 0.2) is 41.3 Å². The summed E-state index contributed by atoms with van der Waals surface area (Å²) in [4.78, 5) is 58.3. The highest BCUT2D eigenvalue weighted by Crippen LogP contribution is 2.64. The number of alkyl halides is 1. The molecule has 3 saturated heterocycles. The Morgan fingerprint density at radius 2 is 1.70 bits per heavy atom. The largest absolute Gasteiger partial charge is 0.472 e. The Bertz CT molecular complexity index is 2200. The summed E-state index contributed by atoms with van der Waals surface area (Å²) in [6, 6.07) is 0. The third-order valence-electron chi connectivity index (χ3n) is 8.28. The Morgan fingerprint density at radius 1 is 1.02 bits per heavy atom. The number of nitrogen functional groups attached to an aromatic ring is 2. The highest BCUT2D eigenvalue weighted by atomic mass is 32.7. The summed E-state index contributed by atoms with van der Waals surface area (Å²) >= 11 is 0.399. The number of esters is 1. The lowest BCUT2D eigenvalue weighted by molar-refractivity contribution is -0.150. The number of ether oxygens (including phenoxy) is 3. The molecule has 53 heavy (non-hydrogen) atoms. The van der Waals surface area contributed by atoms with Crippen LogP contribution in [0.4, 0.5) is 16.2 Å². The van der Waals surface area contributed by atoms with Gasteiger partial charge in [0, 0.05) is 11.4 Å². The fourth-order valence-electron chi connectivity index (χ4n) is 5.68. The Balaban J connectivity index is 1.24. The standard InChI is InChI=1S/C26H33FN10O13P2S/c1-26(2,3)24(40)44-9-53-52(43)46-5-11-16(12(27)22(48-11)36-7-32-13-18(28)30-6-31-19(13)36)49-51(41,42)45-4-10-15(38)17(50-52)23(47-10)37-8-33-14-20(37)34-25(29)35-21(14)39/h6-8,10-12,15-17,22-23,38H,4-5,9H2,1-3H3,(H,41,42)(H2,28,30,31)(H3,29,34,35,39)/t10-,11-,12+,15?,16?,17+,22-,23-,52?/m1/s1. The van der Waals surface area contributed by atoms with Gasteiger partial charge in [0.05, 0.1) is 31.3 Å². The van der Waals surface area contributed by atoms with E-state index >= 15 is 4.39 Å². The van der Waals surface area contributed by atoms with Crippen molar-refractivity contribution in [2.45, 2.75) is 69.9 Å². The quantitative estimate of drug-likeness (QED) is 0.106. The van der Waals surface area contributed by atoms with E-state index in [1.807, 2.05) is 0 Å². The summed E-state index contributed by atoms with van der Waals surface area (Å²) in [6.07, 6.45) is -10.3. The van der Waals surface area contributed by atoms with Gasteiger partial charge in [-0.25, -0.2) is 33.5 Å². The van der Waals surface area contributed by atoms with E-state index < -0.39 is 99.9 Å². The number of hydrogen-bond acceptors (Lipinski definition) is 20. The second-order valence-corrected chi connectivity index (χ2v) is 18.4. The number of aliphatic hydroxyl groups excluding tert-OH is 1. The minimum Gasteiger partial charge on any atom is -0.454 e. The molecule has 2 bridgehead atoms. The van der Waals surface area contributed by atoms with Crippen LogP contribution in [0, 0.1) is 5.41 Å². The minimum absolute atomic E-state index is 0.00749. The lowest BCUT2D eigenvalue weighted by Crippen LogP contribution is -2.35. The van der Waals surface area contributed by atoms with Gasteiger partial charge in [-0.15, -0.1) is 0 Å². The van der Waals surface area contributed by atoms with Crippen molar-refractivity contribution in [2.75, 3.05) is 30.6 Å². The van der Waals surface area contributed by atoms with Crippen molar-refractivity contribution in [1.82, 2.24) is 39.0 Å². The monoisotopic (exact) mass is 806 g/mol. The van der Waals surface area contributed by atoms with E-state index in [1.54, 1.807) is 20.8 Å². The number of carbonyl (C=O) groups excluding carboxylic acids is 1. The molecule has 288 valence electrons. The first kappa shape index (κ1) is 37.7. The third-order valence-corrected chi connectivity index (χ3v) is 12.6. The predicted octanol–water partition coefficient (Wildman–Crippen LogP) is 0.923. The van der Waals surface area contributed by atoms with E-state index in [9.17, 15) is 28.7 Å². The van der Waals surface area contributed by atoms with Crippen LogP contribution in [0.1, 0.15) is 33.2 Å². The molecule has 4 aromatic rings. The number of nitrogens with zero attached hydrogens (tertiary/aromatic N) is 7. The molecular formula is C26H33FN10O13P2S. The molecule has 0 amide bonds. The van der Waals surface area contributed by atoms with Gasteiger partial charge in [-0.05, 0) is 20.8 Å². The van der Waals surface area contributed by atoms with Crippen LogP contribution < -0.4 is 17.0 Å².